The molecule has 0 unspecified atom stereocenters. The zero-order valence-corrected chi connectivity index (χ0v) is 11.8. The second-order valence-corrected chi connectivity index (χ2v) is 5.02. The van der Waals surface area contributed by atoms with Gasteiger partial charge in [0.15, 0.2) is 0 Å². The Balaban J connectivity index is 1.84. The summed E-state index contributed by atoms with van der Waals surface area (Å²) in [7, 11) is 0. The van der Waals surface area contributed by atoms with Crippen LogP contribution in [0.5, 0.6) is 0 Å². The summed E-state index contributed by atoms with van der Waals surface area (Å²) in [6, 6.07) is 6.52. The molecular weight excluding hydrogens is 279 g/mol. The van der Waals surface area contributed by atoms with Crippen molar-refractivity contribution in [1.82, 2.24) is 15.5 Å². The number of anilines is 1. The van der Waals surface area contributed by atoms with Crippen LogP contribution in [-0.2, 0) is 6.42 Å². The SMILES string of the molecule is CCNc1nnc(C(=O)NCCc2ccccc2F)s1. The van der Waals surface area contributed by atoms with E-state index < -0.39 is 0 Å². The lowest BCUT2D eigenvalue weighted by Gasteiger charge is -2.04. The molecule has 0 saturated carbocycles. The number of nitrogens with one attached hydrogen (secondary N) is 2. The second-order valence-electron chi connectivity index (χ2n) is 4.04. The van der Waals surface area contributed by atoms with Gasteiger partial charge in [0, 0.05) is 13.1 Å². The first-order chi connectivity index (χ1) is 9.70. The molecule has 0 aliphatic carbocycles. The molecule has 1 aromatic carbocycles. The van der Waals surface area contributed by atoms with Crippen LogP contribution in [0.15, 0.2) is 24.3 Å². The smallest absolute Gasteiger partial charge is 0.282 e. The van der Waals surface area contributed by atoms with Crippen LogP contribution in [0.4, 0.5) is 9.52 Å². The molecule has 7 heteroatoms. The summed E-state index contributed by atoms with van der Waals surface area (Å²) in [5.41, 5.74) is 0.582. The van der Waals surface area contributed by atoms with Crippen LogP contribution in [0.3, 0.4) is 0 Å². The number of halogens is 1. The van der Waals surface area contributed by atoms with Crippen LogP contribution < -0.4 is 10.6 Å². The Hall–Kier alpha value is -2.02. The molecule has 20 heavy (non-hydrogen) atoms. The van der Waals surface area contributed by atoms with E-state index in [0.29, 0.717) is 28.7 Å². The molecule has 0 spiro atoms. The van der Waals surface area contributed by atoms with E-state index >= 15 is 0 Å². The van der Waals surface area contributed by atoms with Gasteiger partial charge >= 0.3 is 0 Å². The van der Waals surface area contributed by atoms with Crippen LogP contribution in [0.1, 0.15) is 22.3 Å². The lowest BCUT2D eigenvalue weighted by molar-refractivity contribution is 0.0953. The second kappa shape index (κ2) is 6.95. The van der Waals surface area contributed by atoms with Crippen molar-refractivity contribution in [3.63, 3.8) is 0 Å². The van der Waals surface area contributed by atoms with Gasteiger partial charge in [0.25, 0.3) is 5.91 Å². The molecule has 1 amide bonds. The van der Waals surface area contributed by atoms with Gasteiger partial charge in [0.2, 0.25) is 10.1 Å². The monoisotopic (exact) mass is 294 g/mol. The van der Waals surface area contributed by atoms with E-state index in [1.54, 1.807) is 18.2 Å². The van der Waals surface area contributed by atoms with Crippen LogP contribution in [-0.4, -0.2) is 29.2 Å². The highest BCUT2D eigenvalue weighted by Crippen LogP contribution is 2.14. The van der Waals surface area contributed by atoms with Crippen molar-refractivity contribution in [3.8, 4) is 0 Å². The fourth-order valence-electron chi connectivity index (χ4n) is 1.63. The first kappa shape index (κ1) is 14.4. The van der Waals surface area contributed by atoms with Crippen LogP contribution in [0.25, 0.3) is 0 Å². The van der Waals surface area contributed by atoms with Crippen molar-refractivity contribution in [2.24, 2.45) is 0 Å². The van der Waals surface area contributed by atoms with Gasteiger partial charge < -0.3 is 10.6 Å². The molecule has 0 fully saturated rings. The lowest BCUT2D eigenvalue weighted by atomic mass is 10.1. The maximum Gasteiger partial charge on any atom is 0.282 e. The Morgan fingerprint density at radius 3 is 2.90 bits per heavy atom. The molecule has 5 nitrogen and oxygen atoms in total. The van der Waals surface area contributed by atoms with Gasteiger partial charge in [0.05, 0.1) is 0 Å². The summed E-state index contributed by atoms with van der Waals surface area (Å²) in [5, 5.41) is 14.3. The van der Waals surface area contributed by atoms with Gasteiger partial charge in [-0.2, -0.15) is 0 Å². The molecule has 1 heterocycles. The summed E-state index contributed by atoms with van der Waals surface area (Å²) < 4.78 is 13.4. The number of amides is 1. The third-order valence-corrected chi connectivity index (χ3v) is 3.46. The minimum Gasteiger partial charge on any atom is -0.360 e. The molecule has 106 valence electrons. The lowest BCUT2D eigenvalue weighted by Crippen LogP contribution is -2.25. The number of hydrogen-bond donors (Lipinski definition) is 2. The summed E-state index contributed by atoms with van der Waals surface area (Å²) in [4.78, 5) is 11.8. The van der Waals surface area contributed by atoms with Gasteiger partial charge in [-0.3, -0.25) is 4.79 Å². The van der Waals surface area contributed by atoms with Gasteiger partial charge in [-0.25, -0.2) is 4.39 Å². The minimum absolute atomic E-state index is 0.257. The summed E-state index contributed by atoms with van der Waals surface area (Å²) in [6.07, 6.45) is 0.442. The summed E-state index contributed by atoms with van der Waals surface area (Å²) in [5.74, 6) is -0.546. The maximum absolute atomic E-state index is 13.4. The molecule has 1 aromatic heterocycles. The Labute approximate surface area is 120 Å². The fraction of sp³-hybridized carbons (Fsp3) is 0.308. The normalized spacial score (nSPS) is 10.3. The van der Waals surface area contributed by atoms with Gasteiger partial charge in [-0.05, 0) is 25.0 Å². The predicted octanol–water partition coefficient (Wildman–Crippen LogP) is 2.08. The summed E-state index contributed by atoms with van der Waals surface area (Å²) >= 11 is 1.20. The number of carbonyl (C=O) groups excluding carboxylic acids is 1. The van der Waals surface area contributed by atoms with E-state index in [9.17, 15) is 9.18 Å². The number of aromatic nitrogens is 2. The first-order valence-electron chi connectivity index (χ1n) is 6.29. The molecule has 0 bridgehead atoms. The van der Waals surface area contributed by atoms with Crippen molar-refractivity contribution < 1.29 is 9.18 Å². The Kier molecular flexibility index (Phi) is 5.00. The Morgan fingerprint density at radius 1 is 1.35 bits per heavy atom. The highest BCUT2D eigenvalue weighted by Gasteiger charge is 2.12. The summed E-state index contributed by atoms with van der Waals surface area (Å²) in [6.45, 7) is 3.02. The predicted molar refractivity (Wildman–Crippen MR) is 76.5 cm³/mol. The number of rotatable bonds is 6. The number of carbonyl (C=O) groups is 1. The molecule has 2 rings (SSSR count). The van der Waals surface area contributed by atoms with E-state index in [0.717, 1.165) is 6.54 Å². The average Bonchev–Trinajstić information content (AvgIpc) is 2.90. The van der Waals surface area contributed by atoms with Gasteiger partial charge in [-0.1, -0.05) is 29.5 Å². The quantitative estimate of drug-likeness (QED) is 0.856. The van der Waals surface area contributed by atoms with E-state index in [1.807, 2.05) is 6.92 Å². The van der Waals surface area contributed by atoms with E-state index in [4.69, 9.17) is 0 Å². The van der Waals surface area contributed by atoms with Crippen LogP contribution in [0.2, 0.25) is 0 Å². The molecule has 0 aliphatic heterocycles. The minimum atomic E-state index is -0.289. The number of hydrogen-bond acceptors (Lipinski definition) is 5. The zero-order valence-electron chi connectivity index (χ0n) is 11.0. The Bertz CT molecular complexity index is 587. The highest BCUT2D eigenvalue weighted by molar-refractivity contribution is 7.17. The average molecular weight is 294 g/mol. The van der Waals surface area contributed by atoms with E-state index in [2.05, 4.69) is 20.8 Å². The van der Waals surface area contributed by atoms with Crippen molar-refractivity contribution in [1.29, 1.82) is 0 Å². The largest absolute Gasteiger partial charge is 0.360 e. The van der Waals surface area contributed by atoms with E-state index in [1.165, 1.54) is 17.4 Å². The molecule has 2 N–H and O–H groups in total. The maximum atomic E-state index is 13.4. The molecule has 0 saturated heterocycles. The van der Waals surface area contributed by atoms with E-state index in [-0.39, 0.29) is 11.7 Å². The highest BCUT2D eigenvalue weighted by atomic mass is 32.1. The molecule has 2 aromatic rings. The van der Waals surface area contributed by atoms with Crippen molar-refractivity contribution in [2.75, 3.05) is 18.4 Å². The van der Waals surface area contributed by atoms with Crippen molar-refractivity contribution in [2.45, 2.75) is 13.3 Å². The molecule has 0 aliphatic rings. The van der Waals surface area contributed by atoms with Gasteiger partial charge in [-0.15, -0.1) is 10.2 Å². The third-order valence-electron chi connectivity index (χ3n) is 2.58. The van der Waals surface area contributed by atoms with Gasteiger partial charge in [0.1, 0.15) is 5.82 Å². The topological polar surface area (TPSA) is 66.9 Å². The number of benzene rings is 1. The van der Waals surface area contributed by atoms with Crippen LogP contribution in [0, 0.1) is 5.82 Å². The molecule has 0 atom stereocenters. The fourth-order valence-corrected chi connectivity index (χ4v) is 2.35. The standard InChI is InChI=1S/C13H15FN4OS/c1-2-15-13-18-17-12(20-13)11(19)16-8-7-9-5-3-4-6-10(9)14/h3-6H,2,7-8H2,1H3,(H,15,18)(H,16,19). The first-order valence-corrected chi connectivity index (χ1v) is 7.11. The molecule has 0 radical (unpaired) electrons. The number of nitrogens with zero attached hydrogens (tertiary/aromatic N) is 2. The zero-order chi connectivity index (χ0) is 14.4. The van der Waals surface area contributed by atoms with Crippen LogP contribution >= 0.6 is 11.3 Å². The van der Waals surface area contributed by atoms with Crippen molar-refractivity contribution >= 4 is 22.4 Å². The third kappa shape index (κ3) is 3.74. The molecular formula is C13H15FN4OS. The van der Waals surface area contributed by atoms with Crippen molar-refractivity contribution in [3.05, 3.63) is 40.7 Å². The Morgan fingerprint density at radius 2 is 2.15 bits per heavy atom.